The summed E-state index contributed by atoms with van der Waals surface area (Å²) in [5.41, 5.74) is 7.44. The molecule has 1 aromatic carbocycles. The standard InChI is InChI=1S/C13H16F2N2O/c14-12(15)8-17(6-5-16)13(18)11-7-9-3-1-2-4-10(9)11/h1-4,11-12H,5-8,16H2. The molecule has 1 amide bonds. The van der Waals surface area contributed by atoms with E-state index in [0.29, 0.717) is 6.42 Å². The Morgan fingerprint density at radius 2 is 2.17 bits per heavy atom. The summed E-state index contributed by atoms with van der Waals surface area (Å²) in [6.07, 6.45) is -1.88. The molecule has 2 N–H and O–H groups in total. The summed E-state index contributed by atoms with van der Waals surface area (Å²) < 4.78 is 24.8. The van der Waals surface area contributed by atoms with E-state index in [1.165, 1.54) is 4.90 Å². The van der Waals surface area contributed by atoms with Gasteiger partial charge in [0.05, 0.1) is 12.5 Å². The van der Waals surface area contributed by atoms with Gasteiger partial charge in [0.1, 0.15) is 0 Å². The highest BCUT2D eigenvalue weighted by atomic mass is 19.3. The molecule has 5 heteroatoms. The van der Waals surface area contributed by atoms with Gasteiger partial charge in [0.25, 0.3) is 6.43 Å². The lowest BCUT2D eigenvalue weighted by Gasteiger charge is -2.33. The Kier molecular flexibility index (Phi) is 3.91. The number of nitrogens with zero attached hydrogens (tertiary/aromatic N) is 1. The number of nitrogens with two attached hydrogens (primary N) is 1. The Morgan fingerprint density at radius 1 is 1.44 bits per heavy atom. The van der Waals surface area contributed by atoms with Crippen molar-refractivity contribution in [2.24, 2.45) is 5.73 Å². The summed E-state index contributed by atoms with van der Waals surface area (Å²) in [5, 5.41) is 0. The minimum atomic E-state index is -2.52. The highest BCUT2D eigenvalue weighted by molar-refractivity contribution is 5.87. The number of alkyl halides is 2. The van der Waals surface area contributed by atoms with Crippen LogP contribution in [-0.2, 0) is 11.2 Å². The highest BCUT2D eigenvalue weighted by Gasteiger charge is 2.35. The van der Waals surface area contributed by atoms with Gasteiger partial charge in [-0.2, -0.15) is 0 Å². The minimum Gasteiger partial charge on any atom is -0.335 e. The van der Waals surface area contributed by atoms with Crippen LogP contribution >= 0.6 is 0 Å². The molecule has 1 unspecified atom stereocenters. The molecule has 0 spiro atoms. The van der Waals surface area contributed by atoms with Crippen molar-refractivity contribution in [3.05, 3.63) is 35.4 Å². The summed E-state index contributed by atoms with van der Waals surface area (Å²) in [6.45, 7) is -0.149. The molecule has 0 saturated carbocycles. The van der Waals surface area contributed by atoms with Gasteiger partial charge in [0.15, 0.2) is 0 Å². The zero-order valence-electron chi connectivity index (χ0n) is 9.98. The van der Waals surface area contributed by atoms with Gasteiger partial charge in [-0.15, -0.1) is 0 Å². The Labute approximate surface area is 105 Å². The van der Waals surface area contributed by atoms with E-state index in [-0.39, 0.29) is 24.9 Å². The van der Waals surface area contributed by atoms with Crippen LogP contribution in [0.2, 0.25) is 0 Å². The van der Waals surface area contributed by atoms with Crippen molar-refractivity contribution >= 4 is 5.91 Å². The van der Waals surface area contributed by atoms with Crippen molar-refractivity contribution in [1.82, 2.24) is 4.90 Å². The fourth-order valence-corrected chi connectivity index (χ4v) is 2.31. The van der Waals surface area contributed by atoms with Gasteiger partial charge in [-0.25, -0.2) is 8.78 Å². The fraction of sp³-hybridized carbons (Fsp3) is 0.462. The summed E-state index contributed by atoms with van der Waals surface area (Å²) in [4.78, 5) is 13.3. The van der Waals surface area contributed by atoms with Gasteiger partial charge in [-0.05, 0) is 17.5 Å². The van der Waals surface area contributed by atoms with Gasteiger partial charge < -0.3 is 10.6 Å². The van der Waals surface area contributed by atoms with Crippen molar-refractivity contribution in [3.8, 4) is 0 Å². The van der Waals surface area contributed by atoms with E-state index in [0.717, 1.165) is 11.1 Å². The fourth-order valence-electron chi connectivity index (χ4n) is 2.31. The van der Waals surface area contributed by atoms with Crippen LogP contribution in [0.5, 0.6) is 0 Å². The molecular formula is C13H16F2N2O. The van der Waals surface area contributed by atoms with Crippen LogP contribution in [0.1, 0.15) is 17.0 Å². The first kappa shape index (κ1) is 13.0. The second-order valence-electron chi connectivity index (χ2n) is 4.42. The summed E-state index contributed by atoms with van der Waals surface area (Å²) in [7, 11) is 0. The number of hydrogen-bond acceptors (Lipinski definition) is 2. The average Bonchev–Trinajstić information content (AvgIpc) is 2.29. The molecule has 0 fully saturated rings. The number of amides is 1. The van der Waals surface area contributed by atoms with Gasteiger partial charge in [0.2, 0.25) is 5.91 Å². The Morgan fingerprint density at radius 3 is 2.78 bits per heavy atom. The monoisotopic (exact) mass is 254 g/mol. The minimum absolute atomic E-state index is 0.182. The van der Waals surface area contributed by atoms with E-state index in [9.17, 15) is 13.6 Å². The van der Waals surface area contributed by atoms with Crippen molar-refractivity contribution in [2.45, 2.75) is 18.8 Å². The van der Waals surface area contributed by atoms with E-state index in [1.807, 2.05) is 24.3 Å². The maximum atomic E-state index is 12.4. The Bertz CT molecular complexity index is 437. The van der Waals surface area contributed by atoms with E-state index in [2.05, 4.69) is 0 Å². The molecule has 1 atom stereocenters. The normalized spacial score (nSPS) is 17.2. The molecule has 1 aromatic rings. The molecule has 0 saturated heterocycles. The van der Waals surface area contributed by atoms with Gasteiger partial charge in [-0.3, -0.25) is 4.79 Å². The molecule has 18 heavy (non-hydrogen) atoms. The predicted octanol–water partition coefficient (Wildman–Crippen LogP) is 1.38. The maximum absolute atomic E-state index is 12.4. The van der Waals surface area contributed by atoms with Gasteiger partial charge in [0, 0.05) is 13.1 Å². The molecule has 0 heterocycles. The van der Waals surface area contributed by atoms with Crippen molar-refractivity contribution in [3.63, 3.8) is 0 Å². The first-order chi connectivity index (χ1) is 8.63. The number of hydrogen-bond donors (Lipinski definition) is 1. The Hall–Kier alpha value is -1.49. The van der Waals surface area contributed by atoms with Crippen LogP contribution in [0.15, 0.2) is 24.3 Å². The second-order valence-corrected chi connectivity index (χ2v) is 4.42. The molecule has 0 radical (unpaired) electrons. The molecule has 2 rings (SSSR count). The lowest BCUT2D eigenvalue weighted by Crippen LogP contribution is -2.44. The number of halogens is 2. The summed E-state index contributed by atoms with van der Waals surface area (Å²) >= 11 is 0. The second kappa shape index (κ2) is 5.44. The third-order valence-electron chi connectivity index (χ3n) is 3.22. The van der Waals surface area contributed by atoms with Crippen LogP contribution < -0.4 is 5.73 Å². The van der Waals surface area contributed by atoms with Crippen molar-refractivity contribution in [2.75, 3.05) is 19.6 Å². The lowest BCUT2D eigenvalue weighted by molar-refractivity contribution is -0.135. The molecular weight excluding hydrogens is 238 g/mol. The SMILES string of the molecule is NCCN(CC(F)F)C(=O)C1Cc2ccccc21. The third kappa shape index (κ3) is 2.51. The van der Waals surface area contributed by atoms with E-state index < -0.39 is 13.0 Å². The highest BCUT2D eigenvalue weighted by Crippen LogP contribution is 2.36. The zero-order valence-corrected chi connectivity index (χ0v) is 9.98. The first-order valence-electron chi connectivity index (χ1n) is 5.98. The van der Waals surface area contributed by atoms with Crippen molar-refractivity contribution in [1.29, 1.82) is 0 Å². The zero-order chi connectivity index (χ0) is 13.1. The van der Waals surface area contributed by atoms with Crippen LogP contribution in [0.25, 0.3) is 0 Å². The number of fused-ring (bicyclic) bond motifs is 1. The molecule has 0 aromatic heterocycles. The molecule has 0 aliphatic heterocycles. The smallest absolute Gasteiger partial charge is 0.255 e. The topological polar surface area (TPSA) is 46.3 Å². The lowest BCUT2D eigenvalue weighted by atomic mass is 9.77. The van der Waals surface area contributed by atoms with Gasteiger partial charge in [-0.1, -0.05) is 24.3 Å². The first-order valence-corrected chi connectivity index (χ1v) is 5.98. The molecule has 1 aliphatic carbocycles. The van der Waals surface area contributed by atoms with Crippen LogP contribution in [0, 0.1) is 0 Å². The van der Waals surface area contributed by atoms with Crippen LogP contribution in [0.3, 0.4) is 0 Å². The largest absolute Gasteiger partial charge is 0.335 e. The Balaban J connectivity index is 2.07. The number of carbonyl (C=O) groups is 1. The quantitative estimate of drug-likeness (QED) is 0.862. The van der Waals surface area contributed by atoms with Gasteiger partial charge >= 0.3 is 0 Å². The molecule has 3 nitrogen and oxygen atoms in total. The van der Waals surface area contributed by atoms with E-state index >= 15 is 0 Å². The molecule has 0 bridgehead atoms. The van der Waals surface area contributed by atoms with Crippen LogP contribution in [-0.4, -0.2) is 36.9 Å². The number of rotatable bonds is 5. The summed E-state index contributed by atoms with van der Waals surface area (Å²) in [6, 6.07) is 7.61. The van der Waals surface area contributed by atoms with Crippen LogP contribution in [0.4, 0.5) is 8.78 Å². The van der Waals surface area contributed by atoms with E-state index in [4.69, 9.17) is 5.73 Å². The number of benzene rings is 1. The van der Waals surface area contributed by atoms with Crippen molar-refractivity contribution < 1.29 is 13.6 Å². The van der Waals surface area contributed by atoms with E-state index in [1.54, 1.807) is 0 Å². The predicted molar refractivity (Wildman–Crippen MR) is 64.5 cm³/mol. The average molecular weight is 254 g/mol. The third-order valence-corrected chi connectivity index (χ3v) is 3.22. The molecule has 98 valence electrons. The summed E-state index contributed by atoms with van der Waals surface area (Å²) in [5.74, 6) is -0.508. The maximum Gasteiger partial charge on any atom is 0.255 e. The molecule has 1 aliphatic rings. The number of carbonyl (C=O) groups excluding carboxylic acids is 1.